The van der Waals surface area contributed by atoms with Crippen LogP contribution in [0.2, 0.25) is 0 Å². The van der Waals surface area contributed by atoms with Crippen molar-refractivity contribution < 1.29 is 0 Å². The number of nitrogens with one attached hydrogen (secondary N) is 3. The summed E-state index contributed by atoms with van der Waals surface area (Å²) < 4.78 is 0. The second-order valence-electron chi connectivity index (χ2n) is 2.16. The Balaban J connectivity index is 3.62. The quantitative estimate of drug-likeness (QED) is 0.318. The zero-order valence-corrected chi connectivity index (χ0v) is 8.71. The van der Waals surface area contributed by atoms with E-state index in [4.69, 9.17) is 0 Å². The molecule has 0 saturated carbocycles. The first-order valence-electron chi connectivity index (χ1n) is 3.31. The van der Waals surface area contributed by atoms with E-state index in [1.165, 1.54) is 10.2 Å². The molecule has 0 heterocycles. The van der Waals surface area contributed by atoms with Gasteiger partial charge in [0.15, 0.2) is 0 Å². The molecule has 0 aliphatic carbocycles. The summed E-state index contributed by atoms with van der Waals surface area (Å²) in [4.78, 5) is 0. The molecule has 4 heteroatoms. The fourth-order valence-electron chi connectivity index (χ4n) is 0.655. The fourth-order valence-corrected chi connectivity index (χ4v) is 1.36. The highest BCUT2D eigenvalue weighted by molar-refractivity contribution is 6.08. The van der Waals surface area contributed by atoms with Gasteiger partial charge in [0.1, 0.15) is 5.79 Å². The molecule has 0 aromatic carbocycles. The fraction of sp³-hybridized carbons (Fsp3) is 1.00. The van der Waals surface area contributed by atoms with Gasteiger partial charge in [-0.2, -0.15) is 0 Å². The molecule has 56 valence electrons. The zero-order chi connectivity index (χ0) is 7.33. The highest BCUT2D eigenvalue weighted by atomic mass is 28.1. The summed E-state index contributed by atoms with van der Waals surface area (Å²) in [5.41, 5.74) is 0. The summed E-state index contributed by atoms with van der Waals surface area (Å²) in [7, 11) is 5.05. The lowest BCUT2D eigenvalue weighted by Crippen LogP contribution is -2.62. The van der Waals surface area contributed by atoms with Crippen molar-refractivity contribution in [1.29, 1.82) is 0 Å². The third-order valence-electron chi connectivity index (χ3n) is 1.53. The van der Waals surface area contributed by atoms with Crippen LogP contribution in [0.25, 0.3) is 0 Å². The van der Waals surface area contributed by atoms with Gasteiger partial charge in [-0.1, -0.05) is 0 Å². The normalized spacial score (nSPS) is 12.3. The van der Waals surface area contributed by atoms with Crippen LogP contribution in [0.5, 0.6) is 0 Å². The molecule has 3 nitrogen and oxygen atoms in total. The van der Waals surface area contributed by atoms with E-state index in [-0.39, 0.29) is 5.79 Å². The van der Waals surface area contributed by atoms with Crippen LogP contribution in [0.15, 0.2) is 0 Å². The van der Waals surface area contributed by atoms with E-state index in [0.717, 1.165) is 6.17 Å². The molecule has 0 aromatic heterocycles. The summed E-state index contributed by atoms with van der Waals surface area (Å²) in [6.45, 7) is 2.07. The van der Waals surface area contributed by atoms with Crippen LogP contribution in [0.4, 0.5) is 0 Å². The van der Waals surface area contributed by atoms with Gasteiger partial charge in [-0.3, -0.25) is 16.0 Å². The van der Waals surface area contributed by atoms with Crippen LogP contribution >= 0.6 is 0 Å². The predicted molar refractivity (Wildman–Crippen MR) is 44.5 cm³/mol. The molecule has 0 aliphatic heterocycles. The Bertz CT molecular complexity index is 72.6. The number of hydrogen-bond acceptors (Lipinski definition) is 3. The van der Waals surface area contributed by atoms with Crippen LogP contribution in [0.3, 0.4) is 0 Å². The highest BCUT2D eigenvalue weighted by Gasteiger charge is 2.15. The molecule has 0 rings (SSSR count). The molecule has 0 amide bonds. The second-order valence-corrected chi connectivity index (χ2v) is 2.86. The van der Waals surface area contributed by atoms with Crippen molar-refractivity contribution in [1.82, 2.24) is 16.0 Å². The number of hydrogen-bond donors (Lipinski definition) is 3. The van der Waals surface area contributed by atoms with Crippen molar-refractivity contribution >= 4 is 10.2 Å². The monoisotopic (exact) mass is 147 g/mol. The molecule has 3 N–H and O–H groups in total. The molecule has 0 bridgehead atoms. The summed E-state index contributed by atoms with van der Waals surface area (Å²) in [6, 6.07) is 0. The van der Waals surface area contributed by atoms with Crippen LogP contribution in [0, 0.1) is 0 Å². The molecular weight excluding hydrogens is 130 g/mol. The van der Waals surface area contributed by atoms with Gasteiger partial charge in [-0.15, -0.1) is 0 Å². The van der Waals surface area contributed by atoms with Gasteiger partial charge < -0.3 is 0 Å². The minimum atomic E-state index is -0.0816. The summed E-state index contributed by atoms with van der Waals surface area (Å²) in [6.07, 6.45) is 1.10. The Morgan fingerprint density at radius 1 is 1.33 bits per heavy atom. The lowest BCUT2D eigenvalue weighted by molar-refractivity contribution is 0.271. The summed E-state index contributed by atoms with van der Waals surface area (Å²) >= 11 is 0. The summed E-state index contributed by atoms with van der Waals surface area (Å²) in [5, 5.41) is 9.56. The Hall–Kier alpha value is 0.0969. The van der Waals surface area contributed by atoms with Crippen molar-refractivity contribution in [2.45, 2.75) is 12.7 Å². The van der Waals surface area contributed by atoms with Gasteiger partial charge in [0, 0.05) is 10.2 Å². The molecule has 0 aliphatic rings. The van der Waals surface area contributed by atoms with E-state index in [0.29, 0.717) is 0 Å². The van der Waals surface area contributed by atoms with Crippen LogP contribution < -0.4 is 16.0 Å². The highest BCUT2D eigenvalue weighted by Crippen LogP contribution is 1.86. The van der Waals surface area contributed by atoms with E-state index in [9.17, 15) is 0 Å². The van der Waals surface area contributed by atoms with Gasteiger partial charge in [-0.25, -0.2) is 0 Å². The largest absolute Gasteiger partial charge is 0.291 e. The first-order valence-corrected chi connectivity index (χ1v) is 4.72. The van der Waals surface area contributed by atoms with E-state index < -0.39 is 0 Å². The maximum absolute atomic E-state index is 3.30. The Morgan fingerprint density at radius 2 is 1.78 bits per heavy atom. The molecule has 0 fully saturated rings. The van der Waals surface area contributed by atoms with E-state index >= 15 is 0 Å². The van der Waals surface area contributed by atoms with Crippen molar-refractivity contribution in [3.05, 3.63) is 0 Å². The second kappa shape index (κ2) is 4.00. The average Bonchev–Trinajstić information content (AvgIpc) is 1.89. The van der Waals surface area contributed by atoms with Crippen molar-refractivity contribution in [3.8, 4) is 0 Å². The van der Waals surface area contributed by atoms with Crippen LogP contribution in [-0.2, 0) is 0 Å². The third kappa shape index (κ3) is 2.95. The topological polar surface area (TPSA) is 36.1 Å². The molecule has 0 spiro atoms. The number of rotatable bonds is 4. The molecule has 0 saturated heterocycles. The van der Waals surface area contributed by atoms with E-state index in [1.54, 1.807) is 0 Å². The molecule has 0 atom stereocenters. The lowest BCUT2D eigenvalue weighted by Gasteiger charge is -2.29. The maximum Gasteiger partial charge on any atom is 0.119 e. The Labute approximate surface area is 60.0 Å². The third-order valence-corrected chi connectivity index (χ3v) is 1.88. The first kappa shape index (κ1) is 9.10. The summed E-state index contributed by atoms with van der Waals surface area (Å²) in [5.74, 6) is -0.0816. The van der Waals surface area contributed by atoms with Gasteiger partial charge in [0.2, 0.25) is 0 Å². The van der Waals surface area contributed by atoms with Gasteiger partial charge in [0.05, 0.1) is 0 Å². The van der Waals surface area contributed by atoms with Gasteiger partial charge in [0.25, 0.3) is 0 Å². The molecule has 0 radical (unpaired) electrons. The van der Waals surface area contributed by atoms with E-state index in [2.05, 4.69) is 22.9 Å². The Kier molecular flexibility index (Phi) is 4.04. The smallest absolute Gasteiger partial charge is 0.119 e. The van der Waals surface area contributed by atoms with Crippen molar-refractivity contribution in [2.75, 3.05) is 20.3 Å². The first-order chi connectivity index (χ1) is 4.18. The van der Waals surface area contributed by atoms with Crippen LogP contribution in [0.1, 0.15) is 6.92 Å². The minimum absolute atomic E-state index is 0.0816. The molecule has 9 heavy (non-hydrogen) atoms. The average molecular weight is 147 g/mol. The maximum atomic E-state index is 3.30. The molecular formula is C5H17N3Si. The van der Waals surface area contributed by atoms with Gasteiger partial charge in [-0.05, 0) is 27.2 Å². The predicted octanol–water partition coefficient (Wildman–Crippen LogP) is -1.99. The van der Waals surface area contributed by atoms with Crippen molar-refractivity contribution in [3.63, 3.8) is 0 Å². The SMILES string of the molecule is CNC(C)(NC)NC[SiH3]. The van der Waals surface area contributed by atoms with Crippen LogP contribution in [-0.4, -0.2) is 36.3 Å². The van der Waals surface area contributed by atoms with E-state index in [1.807, 2.05) is 14.1 Å². The molecule has 0 aromatic rings. The van der Waals surface area contributed by atoms with Gasteiger partial charge >= 0.3 is 0 Å². The minimum Gasteiger partial charge on any atom is -0.291 e. The van der Waals surface area contributed by atoms with Crippen molar-refractivity contribution in [2.24, 2.45) is 0 Å². The Morgan fingerprint density at radius 3 is 1.89 bits per heavy atom. The zero-order valence-electron chi connectivity index (χ0n) is 6.71. The lowest BCUT2D eigenvalue weighted by atomic mass is 10.4. The standard InChI is InChI=1S/C5H17N3Si/c1-5(6-2,7-3)8-4-9/h6-8H,4H2,1-3,9H3. The molecule has 0 unspecified atom stereocenters.